The minimum atomic E-state index is 0.177. The third kappa shape index (κ3) is 3.63. The molecular weight excluding hydrogens is 306 g/mol. The molecule has 0 saturated carbocycles. The van der Waals surface area contributed by atoms with Crippen LogP contribution in [0.5, 0.6) is 11.5 Å². The summed E-state index contributed by atoms with van der Waals surface area (Å²) in [6, 6.07) is 3.90. The Kier molecular flexibility index (Phi) is 5.11. The van der Waals surface area contributed by atoms with Crippen LogP contribution < -0.4 is 4.74 Å². The summed E-state index contributed by atoms with van der Waals surface area (Å²) in [5.41, 5.74) is 1.18. The fourth-order valence-electron chi connectivity index (χ4n) is 2.69. The third-order valence-electron chi connectivity index (χ3n) is 4.00. The number of nitrogens with zero attached hydrogens (tertiary/aromatic N) is 1. The quantitative estimate of drug-likeness (QED) is 0.913. The van der Waals surface area contributed by atoms with Crippen LogP contribution in [0.4, 0.5) is 0 Å². The molecule has 0 amide bonds. The van der Waals surface area contributed by atoms with Gasteiger partial charge in [-0.3, -0.25) is 4.90 Å². The van der Waals surface area contributed by atoms with Gasteiger partial charge in [-0.2, -0.15) is 0 Å². The van der Waals surface area contributed by atoms with Gasteiger partial charge in [0.15, 0.2) is 11.5 Å². The molecule has 1 aliphatic heterocycles. The molecule has 1 saturated heterocycles. The Morgan fingerprint density at radius 1 is 1.37 bits per heavy atom. The summed E-state index contributed by atoms with van der Waals surface area (Å²) in [4.78, 5) is 2.48. The van der Waals surface area contributed by atoms with Crippen LogP contribution in [0, 0.1) is 5.92 Å². The van der Waals surface area contributed by atoms with E-state index in [1.54, 1.807) is 7.11 Å². The van der Waals surface area contributed by atoms with Gasteiger partial charge in [-0.25, -0.2) is 0 Å². The Morgan fingerprint density at radius 3 is 2.63 bits per heavy atom. The van der Waals surface area contributed by atoms with Crippen molar-refractivity contribution in [1.29, 1.82) is 0 Å². The SMILES string of the molecule is CCC1CCN(Cc2cc(Br)c(O)c(OC)c2)CC1. The van der Waals surface area contributed by atoms with Crippen LogP contribution in [-0.2, 0) is 6.54 Å². The molecule has 0 aliphatic carbocycles. The van der Waals surface area contributed by atoms with Crippen molar-refractivity contribution in [3.8, 4) is 11.5 Å². The van der Waals surface area contributed by atoms with Gasteiger partial charge in [-0.1, -0.05) is 13.3 Å². The minimum Gasteiger partial charge on any atom is -0.503 e. The molecule has 0 unspecified atom stereocenters. The Morgan fingerprint density at radius 2 is 2.05 bits per heavy atom. The Labute approximate surface area is 123 Å². The number of hydrogen-bond donors (Lipinski definition) is 1. The maximum absolute atomic E-state index is 9.81. The Hall–Kier alpha value is -0.740. The van der Waals surface area contributed by atoms with Gasteiger partial charge in [0.1, 0.15) is 0 Å². The number of benzene rings is 1. The lowest BCUT2D eigenvalue weighted by Crippen LogP contribution is -2.33. The maximum atomic E-state index is 9.81. The lowest BCUT2D eigenvalue weighted by molar-refractivity contribution is 0.175. The number of rotatable bonds is 4. The molecule has 19 heavy (non-hydrogen) atoms. The maximum Gasteiger partial charge on any atom is 0.172 e. The number of likely N-dealkylation sites (tertiary alicyclic amines) is 1. The number of methoxy groups -OCH3 is 1. The topological polar surface area (TPSA) is 32.7 Å². The highest BCUT2D eigenvalue weighted by atomic mass is 79.9. The van der Waals surface area contributed by atoms with Gasteiger partial charge in [-0.15, -0.1) is 0 Å². The molecule has 2 rings (SSSR count). The molecule has 0 radical (unpaired) electrons. The number of aromatic hydroxyl groups is 1. The van der Waals surface area contributed by atoms with Gasteiger partial charge in [0, 0.05) is 6.54 Å². The third-order valence-corrected chi connectivity index (χ3v) is 4.60. The molecule has 0 bridgehead atoms. The normalized spacial score (nSPS) is 17.6. The summed E-state index contributed by atoms with van der Waals surface area (Å²) in [7, 11) is 1.58. The summed E-state index contributed by atoms with van der Waals surface area (Å²) in [5, 5.41) is 9.81. The average molecular weight is 328 g/mol. The highest BCUT2D eigenvalue weighted by molar-refractivity contribution is 9.10. The van der Waals surface area contributed by atoms with Crippen molar-refractivity contribution in [2.75, 3.05) is 20.2 Å². The van der Waals surface area contributed by atoms with E-state index < -0.39 is 0 Å². The molecule has 0 aromatic heterocycles. The van der Waals surface area contributed by atoms with Gasteiger partial charge in [0.2, 0.25) is 0 Å². The van der Waals surface area contributed by atoms with Gasteiger partial charge in [-0.05, 0) is 65.5 Å². The molecule has 0 spiro atoms. The van der Waals surface area contributed by atoms with E-state index in [1.165, 1.54) is 37.9 Å². The molecule has 3 nitrogen and oxygen atoms in total. The van der Waals surface area contributed by atoms with E-state index >= 15 is 0 Å². The zero-order valence-electron chi connectivity index (χ0n) is 11.7. The highest BCUT2D eigenvalue weighted by Gasteiger charge is 2.18. The summed E-state index contributed by atoms with van der Waals surface area (Å²) >= 11 is 3.37. The second kappa shape index (κ2) is 6.62. The molecule has 1 aromatic carbocycles. The first-order chi connectivity index (χ1) is 9.13. The molecule has 1 heterocycles. The van der Waals surface area contributed by atoms with Crippen molar-refractivity contribution in [3.05, 3.63) is 22.2 Å². The lowest BCUT2D eigenvalue weighted by atomic mass is 9.94. The monoisotopic (exact) mass is 327 g/mol. The molecule has 1 aromatic rings. The van der Waals surface area contributed by atoms with Crippen molar-refractivity contribution in [3.63, 3.8) is 0 Å². The predicted molar refractivity (Wildman–Crippen MR) is 80.7 cm³/mol. The van der Waals surface area contributed by atoms with Crippen LogP contribution >= 0.6 is 15.9 Å². The van der Waals surface area contributed by atoms with E-state index in [4.69, 9.17) is 4.74 Å². The first-order valence-corrected chi connectivity index (χ1v) is 7.71. The summed E-state index contributed by atoms with van der Waals surface area (Å²) in [6.07, 6.45) is 3.90. The van der Waals surface area contributed by atoms with E-state index in [1.807, 2.05) is 12.1 Å². The zero-order valence-corrected chi connectivity index (χ0v) is 13.2. The average Bonchev–Trinajstić information content (AvgIpc) is 2.43. The van der Waals surface area contributed by atoms with Gasteiger partial charge in [0.05, 0.1) is 11.6 Å². The van der Waals surface area contributed by atoms with Crippen LogP contribution in [0.3, 0.4) is 0 Å². The first kappa shape index (κ1) is 14.7. The highest BCUT2D eigenvalue weighted by Crippen LogP contribution is 2.35. The Bertz CT molecular complexity index is 428. The second-order valence-corrected chi connectivity index (χ2v) is 6.11. The standard InChI is InChI=1S/C15H22BrNO2/c1-3-11-4-6-17(7-5-11)10-12-8-13(16)15(18)14(9-12)19-2/h8-9,11,18H,3-7,10H2,1-2H3. The molecule has 106 valence electrons. The first-order valence-electron chi connectivity index (χ1n) is 6.91. The number of halogens is 1. The largest absolute Gasteiger partial charge is 0.503 e. The van der Waals surface area contributed by atoms with Crippen molar-refractivity contribution in [2.24, 2.45) is 5.92 Å². The number of phenols is 1. The van der Waals surface area contributed by atoms with E-state index in [-0.39, 0.29) is 5.75 Å². The van der Waals surface area contributed by atoms with Crippen molar-refractivity contribution < 1.29 is 9.84 Å². The smallest absolute Gasteiger partial charge is 0.172 e. The molecule has 1 aliphatic rings. The fraction of sp³-hybridized carbons (Fsp3) is 0.600. The van der Waals surface area contributed by atoms with E-state index in [2.05, 4.69) is 27.8 Å². The molecular formula is C15H22BrNO2. The van der Waals surface area contributed by atoms with Crippen LogP contribution in [0.1, 0.15) is 31.7 Å². The van der Waals surface area contributed by atoms with E-state index in [0.717, 1.165) is 12.5 Å². The molecule has 1 N–H and O–H groups in total. The molecule has 4 heteroatoms. The minimum absolute atomic E-state index is 0.177. The predicted octanol–water partition coefficient (Wildman–Crippen LogP) is 3.79. The number of ether oxygens (including phenoxy) is 1. The van der Waals surface area contributed by atoms with Crippen LogP contribution in [0.15, 0.2) is 16.6 Å². The second-order valence-electron chi connectivity index (χ2n) is 5.26. The fourth-order valence-corrected chi connectivity index (χ4v) is 3.17. The summed E-state index contributed by atoms with van der Waals surface area (Å²) in [6.45, 7) is 5.53. The van der Waals surface area contributed by atoms with Gasteiger partial charge >= 0.3 is 0 Å². The van der Waals surface area contributed by atoms with Crippen molar-refractivity contribution in [1.82, 2.24) is 4.90 Å². The van der Waals surface area contributed by atoms with E-state index in [9.17, 15) is 5.11 Å². The molecule has 1 fully saturated rings. The summed E-state index contributed by atoms with van der Waals surface area (Å²) < 4.78 is 5.89. The van der Waals surface area contributed by atoms with Crippen LogP contribution in [-0.4, -0.2) is 30.2 Å². The zero-order chi connectivity index (χ0) is 13.8. The van der Waals surface area contributed by atoms with Crippen LogP contribution in [0.25, 0.3) is 0 Å². The number of hydrogen-bond acceptors (Lipinski definition) is 3. The van der Waals surface area contributed by atoms with Gasteiger partial charge < -0.3 is 9.84 Å². The van der Waals surface area contributed by atoms with E-state index in [0.29, 0.717) is 10.2 Å². The molecule has 0 atom stereocenters. The van der Waals surface area contributed by atoms with Crippen molar-refractivity contribution >= 4 is 15.9 Å². The number of phenolic OH excluding ortho intramolecular Hbond substituents is 1. The van der Waals surface area contributed by atoms with Gasteiger partial charge in [0.25, 0.3) is 0 Å². The lowest BCUT2D eigenvalue weighted by Gasteiger charge is -2.31. The van der Waals surface area contributed by atoms with Crippen LogP contribution in [0.2, 0.25) is 0 Å². The number of piperidine rings is 1. The Balaban J connectivity index is 2.02. The summed E-state index contributed by atoms with van der Waals surface area (Å²) in [5.74, 6) is 1.61. The van der Waals surface area contributed by atoms with Crippen molar-refractivity contribution in [2.45, 2.75) is 32.7 Å².